The van der Waals surface area contributed by atoms with Crippen LogP contribution < -0.4 is 18.9 Å². The summed E-state index contributed by atoms with van der Waals surface area (Å²) in [4.78, 5) is 13.6. The van der Waals surface area contributed by atoms with Gasteiger partial charge in [-0.25, -0.2) is 0 Å². The number of esters is 1. The third-order valence-corrected chi connectivity index (χ3v) is 6.21. The number of benzene rings is 3. The van der Waals surface area contributed by atoms with E-state index in [4.69, 9.17) is 18.9 Å². The lowest BCUT2D eigenvalue weighted by Gasteiger charge is -2.36. The number of ether oxygens (including phenoxy) is 4. The molecule has 1 unspecified atom stereocenters. The Labute approximate surface area is 201 Å². The summed E-state index contributed by atoms with van der Waals surface area (Å²) in [7, 11) is 5.44. The first-order valence-electron chi connectivity index (χ1n) is 11.4. The number of fused-ring (bicyclic) bond motifs is 1. The summed E-state index contributed by atoms with van der Waals surface area (Å²) in [5.41, 5.74) is 4.59. The van der Waals surface area contributed by atoms with Gasteiger partial charge in [0.15, 0.2) is 11.5 Å². The first kappa shape index (κ1) is 23.6. The van der Waals surface area contributed by atoms with Crippen molar-refractivity contribution < 1.29 is 23.7 Å². The van der Waals surface area contributed by atoms with E-state index in [9.17, 15) is 4.79 Å². The minimum Gasteiger partial charge on any atom is -0.493 e. The average Bonchev–Trinajstić information content (AvgIpc) is 2.85. The first-order valence-corrected chi connectivity index (χ1v) is 11.4. The molecular weight excluding hydrogens is 430 g/mol. The Morgan fingerprint density at radius 3 is 2.35 bits per heavy atom. The van der Waals surface area contributed by atoms with Crippen molar-refractivity contribution in [2.24, 2.45) is 0 Å². The molecule has 1 heterocycles. The molecule has 0 radical (unpaired) electrons. The molecule has 6 nitrogen and oxygen atoms in total. The zero-order chi connectivity index (χ0) is 24.1. The van der Waals surface area contributed by atoms with E-state index in [1.54, 1.807) is 14.2 Å². The molecule has 0 spiro atoms. The smallest absolute Gasteiger partial charge is 0.308 e. The Morgan fingerprint density at radius 1 is 0.971 bits per heavy atom. The zero-order valence-electron chi connectivity index (χ0n) is 20.2. The van der Waals surface area contributed by atoms with E-state index in [0.29, 0.717) is 23.9 Å². The highest BCUT2D eigenvalue weighted by Crippen LogP contribution is 2.47. The van der Waals surface area contributed by atoms with Crippen molar-refractivity contribution in [2.75, 3.05) is 27.8 Å². The maximum Gasteiger partial charge on any atom is 0.308 e. The van der Waals surface area contributed by atoms with Crippen molar-refractivity contribution in [3.8, 4) is 23.0 Å². The Balaban J connectivity index is 1.67. The molecule has 0 saturated carbocycles. The lowest BCUT2D eigenvalue weighted by Crippen LogP contribution is -2.34. The summed E-state index contributed by atoms with van der Waals surface area (Å²) in [6.45, 7) is 2.76. The van der Waals surface area contributed by atoms with Crippen molar-refractivity contribution in [1.29, 1.82) is 0 Å². The van der Waals surface area contributed by atoms with E-state index in [2.05, 4.69) is 30.1 Å². The van der Waals surface area contributed by atoms with Crippen molar-refractivity contribution in [1.82, 2.24) is 4.90 Å². The maximum atomic E-state index is 11.2. The molecule has 178 valence electrons. The van der Waals surface area contributed by atoms with Crippen molar-refractivity contribution in [3.63, 3.8) is 0 Å². The van der Waals surface area contributed by atoms with Crippen LogP contribution >= 0.6 is 0 Å². The Bertz CT molecular complexity index is 1130. The summed E-state index contributed by atoms with van der Waals surface area (Å²) in [5.74, 6) is 2.28. The molecule has 3 aromatic carbocycles. The molecule has 0 aromatic heterocycles. The van der Waals surface area contributed by atoms with Gasteiger partial charge in [-0.3, -0.25) is 9.69 Å². The number of nitrogens with zero attached hydrogens (tertiary/aromatic N) is 1. The van der Waals surface area contributed by atoms with Crippen LogP contribution in [0.5, 0.6) is 23.0 Å². The van der Waals surface area contributed by atoms with Gasteiger partial charge >= 0.3 is 5.97 Å². The molecule has 1 atom stereocenters. The van der Waals surface area contributed by atoms with Crippen LogP contribution in [0.1, 0.15) is 35.2 Å². The molecule has 0 saturated heterocycles. The van der Waals surface area contributed by atoms with Gasteiger partial charge in [0, 0.05) is 25.1 Å². The molecule has 0 bridgehead atoms. The van der Waals surface area contributed by atoms with Crippen molar-refractivity contribution >= 4 is 5.97 Å². The average molecular weight is 462 g/mol. The van der Waals surface area contributed by atoms with E-state index >= 15 is 0 Å². The van der Waals surface area contributed by atoms with Gasteiger partial charge in [0.1, 0.15) is 12.4 Å². The Hall–Kier alpha value is -3.51. The molecule has 0 fully saturated rings. The Kier molecular flexibility index (Phi) is 7.38. The van der Waals surface area contributed by atoms with Gasteiger partial charge in [-0.05, 0) is 54.8 Å². The highest BCUT2D eigenvalue weighted by Gasteiger charge is 2.31. The van der Waals surface area contributed by atoms with Crippen molar-refractivity contribution in [2.45, 2.75) is 32.4 Å². The molecule has 34 heavy (non-hydrogen) atoms. The minimum absolute atomic E-state index is 0.141. The predicted octanol–water partition coefficient (Wildman–Crippen LogP) is 4.98. The van der Waals surface area contributed by atoms with Gasteiger partial charge in [0.05, 0.1) is 14.2 Å². The summed E-state index contributed by atoms with van der Waals surface area (Å²) in [6.07, 6.45) is 1.66. The molecule has 3 aromatic rings. The molecule has 0 aliphatic carbocycles. The molecule has 1 aliphatic heterocycles. The van der Waals surface area contributed by atoms with Crippen molar-refractivity contribution in [3.05, 3.63) is 82.9 Å². The number of carbonyl (C=O) groups excluding carboxylic acids is 1. The molecule has 6 heteroatoms. The fourth-order valence-electron chi connectivity index (χ4n) is 4.49. The van der Waals surface area contributed by atoms with Crippen LogP contribution in [-0.2, 0) is 24.2 Å². The van der Waals surface area contributed by atoms with Crippen LogP contribution in [0.15, 0.2) is 60.7 Å². The highest BCUT2D eigenvalue weighted by molar-refractivity contribution is 5.69. The predicted molar refractivity (Wildman–Crippen MR) is 131 cm³/mol. The number of hydrogen-bond donors (Lipinski definition) is 0. The fraction of sp³-hybridized carbons (Fsp3) is 0.321. The summed E-state index contributed by atoms with van der Waals surface area (Å²) in [6, 6.07) is 20.0. The fourth-order valence-corrected chi connectivity index (χ4v) is 4.49. The molecular formula is C28H31NO5. The molecule has 4 rings (SSSR count). The van der Waals surface area contributed by atoms with Gasteiger partial charge < -0.3 is 18.9 Å². The number of carbonyl (C=O) groups is 1. The van der Waals surface area contributed by atoms with Crippen LogP contribution in [0.4, 0.5) is 0 Å². The van der Waals surface area contributed by atoms with Gasteiger partial charge in [0.25, 0.3) is 0 Å². The maximum absolute atomic E-state index is 11.2. The highest BCUT2D eigenvalue weighted by atomic mass is 16.5. The first-order chi connectivity index (χ1) is 16.5. The summed E-state index contributed by atoms with van der Waals surface area (Å²) in [5, 5.41) is 0. The summed E-state index contributed by atoms with van der Waals surface area (Å²) >= 11 is 0. The van der Waals surface area contributed by atoms with E-state index in [1.807, 2.05) is 42.5 Å². The third-order valence-electron chi connectivity index (χ3n) is 6.21. The SMILES string of the molecule is COc1cc2c(c(OCc3ccccc3)c1OC)CCN(C)C2Cc1ccc(OC(C)=O)cc1. The van der Waals surface area contributed by atoms with Gasteiger partial charge in [0.2, 0.25) is 5.75 Å². The van der Waals surface area contributed by atoms with Gasteiger partial charge in [-0.15, -0.1) is 0 Å². The normalized spacial score (nSPS) is 15.4. The quantitative estimate of drug-likeness (QED) is 0.348. The standard InChI is InChI=1S/C28H31NO5/c1-19(30)34-22-12-10-20(11-13-22)16-25-24-17-26(31-3)28(32-4)27(23(24)14-15-29(25)2)33-18-21-8-6-5-7-9-21/h5-13,17,25H,14-16,18H2,1-4H3. The van der Waals surface area contributed by atoms with Crippen LogP contribution in [0.2, 0.25) is 0 Å². The number of methoxy groups -OCH3 is 2. The lowest BCUT2D eigenvalue weighted by atomic mass is 9.87. The number of likely N-dealkylation sites (N-methyl/N-ethyl adjacent to an activating group) is 1. The number of hydrogen-bond acceptors (Lipinski definition) is 6. The van der Waals surface area contributed by atoms with E-state index < -0.39 is 0 Å². The van der Waals surface area contributed by atoms with Crippen LogP contribution in [0.3, 0.4) is 0 Å². The molecule has 1 aliphatic rings. The van der Waals surface area contributed by atoms with E-state index in [0.717, 1.165) is 41.8 Å². The van der Waals surface area contributed by atoms with Crippen LogP contribution in [0, 0.1) is 0 Å². The third kappa shape index (κ3) is 5.18. The largest absolute Gasteiger partial charge is 0.493 e. The van der Waals surface area contributed by atoms with E-state index in [-0.39, 0.29) is 12.0 Å². The Morgan fingerprint density at radius 2 is 1.71 bits per heavy atom. The van der Waals surface area contributed by atoms with Gasteiger partial charge in [-0.2, -0.15) is 0 Å². The minimum atomic E-state index is -0.322. The van der Waals surface area contributed by atoms with Crippen LogP contribution in [0.25, 0.3) is 0 Å². The second-order valence-corrected chi connectivity index (χ2v) is 8.47. The number of rotatable bonds is 8. The van der Waals surface area contributed by atoms with E-state index in [1.165, 1.54) is 12.5 Å². The van der Waals surface area contributed by atoms with Crippen LogP contribution in [-0.4, -0.2) is 38.7 Å². The van der Waals surface area contributed by atoms with Gasteiger partial charge in [-0.1, -0.05) is 42.5 Å². The lowest BCUT2D eigenvalue weighted by molar-refractivity contribution is -0.131. The topological polar surface area (TPSA) is 57.2 Å². The summed E-state index contributed by atoms with van der Waals surface area (Å²) < 4.78 is 23.0. The second kappa shape index (κ2) is 10.6. The molecule has 0 amide bonds. The second-order valence-electron chi connectivity index (χ2n) is 8.47. The molecule has 0 N–H and O–H groups in total. The monoisotopic (exact) mass is 461 g/mol. The zero-order valence-corrected chi connectivity index (χ0v) is 20.2.